The van der Waals surface area contributed by atoms with Gasteiger partial charge < -0.3 is 15.5 Å². The molecule has 3 N–H and O–H groups in total. The Morgan fingerprint density at radius 3 is 2.53 bits per heavy atom. The number of likely N-dealkylation sites (N-methyl/N-ethyl adjacent to an activating group) is 1. The van der Waals surface area contributed by atoms with Crippen LogP contribution in [0.5, 0.6) is 0 Å². The van der Waals surface area contributed by atoms with E-state index < -0.39 is 12.1 Å². The van der Waals surface area contributed by atoms with Gasteiger partial charge in [-0.1, -0.05) is 19.1 Å². The number of nitrogens with one attached hydrogen (secondary N) is 1. The van der Waals surface area contributed by atoms with E-state index in [9.17, 15) is 9.90 Å². The number of rotatable bonds is 7. The first-order valence-electron chi connectivity index (χ1n) is 5.21. The van der Waals surface area contributed by atoms with Crippen molar-refractivity contribution >= 4 is 5.97 Å². The van der Waals surface area contributed by atoms with E-state index in [4.69, 9.17) is 5.11 Å². The summed E-state index contributed by atoms with van der Waals surface area (Å²) in [6.07, 6.45) is 3.96. The molecule has 4 nitrogen and oxygen atoms in total. The zero-order valence-electron chi connectivity index (χ0n) is 9.60. The van der Waals surface area contributed by atoms with Gasteiger partial charge in [-0.15, -0.1) is 0 Å². The van der Waals surface area contributed by atoms with Crippen molar-refractivity contribution < 1.29 is 15.0 Å². The van der Waals surface area contributed by atoms with Gasteiger partial charge in [0.15, 0.2) is 0 Å². The van der Waals surface area contributed by atoms with Gasteiger partial charge in [-0.05, 0) is 26.3 Å². The lowest BCUT2D eigenvalue weighted by Crippen LogP contribution is -2.42. The largest absolute Gasteiger partial charge is 0.481 e. The lowest BCUT2D eigenvalue weighted by Gasteiger charge is -2.25. The molecule has 0 saturated carbocycles. The van der Waals surface area contributed by atoms with Crippen LogP contribution in [0.15, 0.2) is 12.2 Å². The second kappa shape index (κ2) is 7.43. The highest BCUT2D eigenvalue weighted by Crippen LogP contribution is 2.14. The SMILES string of the molecule is C/C=C/C[C@@H](C)[C@@H](O)[C@H](CC(=O)O)NC. The zero-order valence-corrected chi connectivity index (χ0v) is 9.60. The smallest absolute Gasteiger partial charge is 0.305 e. The summed E-state index contributed by atoms with van der Waals surface area (Å²) < 4.78 is 0. The molecule has 0 bridgehead atoms. The summed E-state index contributed by atoms with van der Waals surface area (Å²) in [6.45, 7) is 3.84. The van der Waals surface area contributed by atoms with E-state index in [0.717, 1.165) is 6.42 Å². The molecule has 0 rings (SSSR count). The highest BCUT2D eigenvalue weighted by Gasteiger charge is 2.24. The highest BCUT2D eigenvalue weighted by atomic mass is 16.4. The fourth-order valence-corrected chi connectivity index (χ4v) is 1.47. The molecule has 0 saturated heterocycles. The summed E-state index contributed by atoms with van der Waals surface area (Å²) in [7, 11) is 1.67. The number of hydrogen-bond donors (Lipinski definition) is 3. The molecule has 0 aromatic carbocycles. The Kier molecular flexibility index (Phi) is 6.99. The van der Waals surface area contributed by atoms with E-state index in [-0.39, 0.29) is 18.4 Å². The Morgan fingerprint density at radius 2 is 2.13 bits per heavy atom. The molecule has 4 heteroatoms. The predicted molar refractivity (Wildman–Crippen MR) is 59.7 cm³/mol. The number of carboxylic acid groups (broad SMARTS) is 1. The molecule has 0 radical (unpaired) electrons. The van der Waals surface area contributed by atoms with Crippen molar-refractivity contribution in [2.24, 2.45) is 5.92 Å². The van der Waals surface area contributed by atoms with Crippen molar-refractivity contribution in [2.45, 2.75) is 38.8 Å². The molecular formula is C11H21NO3. The fraction of sp³-hybridized carbons (Fsp3) is 0.727. The van der Waals surface area contributed by atoms with Crippen LogP contribution in [0.4, 0.5) is 0 Å². The quantitative estimate of drug-likeness (QED) is 0.554. The van der Waals surface area contributed by atoms with Crippen LogP contribution in [0.25, 0.3) is 0 Å². The molecule has 0 aliphatic heterocycles. The Morgan fingerprint density at radius 1 is 1.53 bits per heavy atom. The van der Waals surface area contributed by atoms with Gasteiger partial charge in [-0.2, -0.15) is 0 Å². The maximum atomic E-state index is 10.5. The van der Waals surface area contributed by atoms with E-state index in [2.05, 4.69) is 5.32 Å². The summed E-state index contributed by atoms with van der Waals surface area (Å²) in [5, 5.41) is 21.4. The Hall–Kier alpha value is -0.870. The third-order valence-corrected chi connectivity index (χ3v) is 2.50. The minimum atomic E-state index is -0.897. The van der Waals surface area contributed by atoms with Crippen molar-refractivity contribution in [1.29, 1.82) is 0 Å². The monoisotopic (exact) mass is 215 g/mol. The Labute approximate surface area is 91.0 Å². The van der Waals surface area contributed by atoms with Crippen LogP contribution in [-0.2, 0) is 4.79 Å². The molecule has 3 atom stereocenters. The number of aliphatic carboxylic acids is 1. The summed E-state index contributed by atoms with van der Waals surface area (Å²) >= 11 is 0. The van der Waals surface area contributed by atoms with Gasteiger partial charge in [-0.25, -0.2) is 0 Å². The minimum absolute atomic E-state index is 0.0537. The van der Waals surface area contributed by atoms with Crippen molar-refractivity contribution in [3.63, 3.8) is 0 Å². The van der Waals surface area contributed by atoms with Gasteiger partial charge in [0.2, 0.25) is 0 Å². The zero-order chi connectivity index (χ0) is 11.8. The second-order valence-electron chi connectivity index (χ2n) is 3.77. The molecule has 0 amide bonds. The van der Waals surface area contributed by atoms with Crippen LogP contribution in [0, 0.1) is 5.92 Å². The third-order valence-electron chi connectivity index (χ3n) is 2.50. The average molecular weight is 215 g/mol. The van der Waals surface area contributed by atoms with Crippen LogP contribution >= 0.6 is 0 Å². The van der Waals surface area contributed by atoms with Gasteiger partial charge in [0.1, 0.15) is 0 Å². The molecule has 0 fully saturated rings. The van der Waals surface area contributed by atoms with Crippen molar-refractivity contribution in [3.05, 3.63) is 12.2 Å². The lowest BCUT2D eigenvalue weighted by molar-refractivity contribution is -0.138. The summed E-state index contributed by atoms with van der Waals surface area (Å²) in [5.74, 6) is -0.843. The topological polar surface area (TPSA) is 69.6 Å². The summed E-state index contributed by atoms with van der Waals surface area (Å²) in [4.78, 5) is 10.5. The van der Waals surface area contributed by atoms with E-state index >= 15 is 0 Å². The van der Waals surface area contributed by atoms with E-state index in [0.29, 0.717) is 0 Å². The first-order valence-corrected chi connectivity index (χ1v) is 5.21. The molecule has 0 aliphatic carbocycles. The number of aliphatic hydroxyl groups excluding tert-OH is 1. The number of allylic oxidation sites excluding steroid dienone is 2. The van der Waals surface area contributed by atoms with Crippen molar-refractivity contribution in [2.75, 3.05) is 7.05 Å². The van der Waals surface area contributed by atoms with E-state index in [1.54, 1.807) is 7.05 Å². The van der Waals surface area contributed by atoms with E-state index in [1.165, 1.54) is 0 Å². The van der Waals surface area contributed by atoms with Crippen molar-refractivity contribution in [3.8, 4) is 0 Å². The first kappa shape index (κ1) is 14.1. The molecule has 0 heterocycles. The van der Waals surface area contributed by atoms with Gasteiger partial charge in [-0.3, -0.25) is 4.79 Å². The summed E-state index contributed by atoms with van der Waals surface area (Å²) in [6, 6.07) is -0.386. The number of aliphatic hydroxyl groups is 1. The Balaban J connectivity index is 4.22. The second-order valence-corrected chi connectivity index (χ2v) is 3.77. The predicted octanol–water partition coefficient (Wildman–Crippen LogP) is 1.01. The van der Waals surface area contributed by atoms with Crippen LogP contribution in [0.3, 0.4) is 0 Å². The normalized spacial score (nSPS) is 17.6. The van der Waals surface area contributed by atoms with Crippen LogP contribution in [-0.4, -0.2) is 35.4 Å². The molecule has 0 aliphatic rings. The Bertz CT molecular complexity index is 216. The minimum Gasteiger partial charge on any atom is -0.481 e. The van der Waals surface area contributed by atoms with Gasteiger partial charge in [0, 0.05) is 6.04 Å². The third kappa shape index (κ3) is 5.54. The fourth-order valence-electron chi connectivity index (χ4n) is 1.47. The molecule has 88 valence electrons. The molecule has 0 unspecified atom stereocenters. The number of hydrogen-bond acceptors (Lipinski definition) is 3. The molecular weight excluding hydrogens is 194 g/mol. The first-order chi connectivity index (χ1) is 7.02. The maximum absolute atomic E-state index is 10.5. The van der Waals surface area contributed by atoms with Crippen LogP contribution in [0.1, 0.15) is 26.7 Å². The van der Waals surface area contributed by atoms with Gasteiger partial charge in [0.05, 0.1) is 12.5 Å². The molecule has 0 aromatic rings. The van der Waals surface area contributed by atoms with Gasteiger partial charge in [0.25, 0.3) is 0 Å². The molecule has 15 heavy (non-hydrogen) atoms. The van der Waals surface area contributed by atoms with Crippen LogP contribution < -0.4 is 5.32 Å². The highest BCUT2D eigenvalue weighted by molar-refractivity contribution is 5.67. The number of carboxylic acids is 1. The molecule has 0 spiro atoms. The van der Waals surface area contributed by atoms with Gasteiger partial charge >= 0.3 is 5.97 Å². The standard InChI is InChI=1S/C11H21NO3/c1-4-5-6-8(2)11(15)9(12-3)7-10(13)14/h4-5,8-9,11-12,15H,6-7H2,1-3H3,(H,13,14)/b5-4+/t8-,9+,11-/m1/s1. The average Bonchev–Trinajstić information content (AvgIpc) is 2.21. The van der Waals surface area contributed by atoms with Crippen molar-refractivity contribution in [1.82, 2.24) is 5.32 Å². The maximum Gasteiger partial charge on any atom is 0.305 e. The summed E-state index contributed by atoms with van der Waals surface area (Å²) in [5.41, 5.74) is 0. The number of carbonyl (C=O) groups is 1. The molecule has 0 aromatic heterocycles. The lowest BCUT2D eigenvalue weighted by atomic mass is 9.93. The van der Waals surface area contributed by atoms with Crippen LogP contribution in [0.2, 0.25) is 0 Å². The van der Waals surface area contributed by atoms with E-state index in [1.807, 2.05) is 26.0 Å².